The van der Waals surface area contributed by atoms with E-state index in [4.69, 9.17) is 9.16 Å². The normalized spacial score (nSPS) is 25.8. The Morgan fingerprint density at radius 2 is 1.95 bits per heavy atom. The van der Waals surface area contributed by atoms with Gasteiger partial charge in [-0.05, 0) is 32.0 Å². The van der Waals surface area contributed by atoms with Crippen molar-refractivity contribution in [2.24, 2.45) is 5.92 Å². The van der Waals surface area contributed by atoms with E-state index in [0.717, 1.165) is 6.29 Å². The van der Waals surface area contributed by atoms with Gasteiger partial charge in [0.1, 0.15) is 6.10 Å². The van der Waals surface area contributed by atoms with E-state index in [1.165, 1.54) is 0 Å². The number of aldehydes is 1. The first kappa shape index (κ1) is 18.3. The smallest absolute Gasteiger partial charge is 0.228 e. The van der Waals surface area contributed by atoms with Gasteiger partial charge in [0.05, 0.1) is 18.1 Å². The maximum absolute atomic E-state index is 11.9. The Bertz CT molecular complexity index is 392. The molecule has 0 saturated carbocycles. The van der Waals surface area contributed by atoms with Crippen LogP contribution in [0.15, 0.2) is 0 Å². The van der Waals surface area contributed by atoms with E-state index in [1.807, 2.05) is 13.8 Å². The number of rotatable bonds is 7. The molecule has 1 fully saturated rings. The second kappa shape index (κ2) is 6.58. The Balaban J connectivity index is 2.78. The molecule has 1 aliphatic heterocycles. The summed E-state index contributed by atoms with van der Waals surface area (Å²) in [6.45, 7) is 15.0. The molecule has 1 N–H and O–H groups in total. The van der Waals surface area contributed by atoms with Gasteiger partial charge in [-0.15, -0.1) is 0 Å². The zero-order chi connectivity index (χ0) is 16.4. The van der Waals surface area contributed by atoms with Crippen LogP contribution in [0.2, 0.25) is 18.1 Å². The zero-order valence-electron chi connectivity index (χ0n) is 14.2. The van der Waals surface area contributed by atoms with Gasteiger partial charge in [-0.1, -0.05) is 20.8 Å². The van der Waals surface area contributed by atoms with Gasteiger partial charge in [-0.2, -0.15) is 0 Å². The average molecular weight is 315 g/mol. The monoisotopic (exact) mass is 315 g/mol. The van der Waals surface area contributed by atoms with Crippen molar-refractivity contribution in [2.75, 3.05) is 6.61 Å². The van der Waals surface area contributed by atoms with Crippen molar-refractivity contribution in [3.8, 4) is 0 Å². The molecule has 1 aliphatic rings. The summed E-state index contributed by atoms with van der Waals surface area (Å²) in [7, 11) is -1.94. The SMILES string of the molecule is CCOC(C=O)[C@H]1NC(=O)[C@@H]1[C@@H](C)O[Si](C)(C)C(C)(C)C. The molecule has 1 heterocycles. The van der Waals surface area contributed by atoms with Crippen LogP contribution < -0.4 is 5.32 Å². The molecule has 4 atom stereocenters. The van der Waals surface area contributed by atoms with Crippen molar-refractivity contribution in [1.29, 1.82) is 0 Å². The largest absolute Gasteiger partial charge is 0.413 e. The molecule has 1 rings (SSSR count). The Morgan fingerprint density at radius 3 is 2.33 bits per heavy atom. The van der Waals surface area contributed by atoms with E-state index in [-0.39, 0.29) is 29.0 Å². The maximum Gasteiger partial charge on any atom is 0.228 e. The van der Waals surface area contributed by atoms with Crippen molar-refractivity contribution in [3.05, 3.63) is 0 Å². The fourth-order valence-electron chi connectivity index (χ4n) is 2.34. The molecule has 21 heavy (non-hydrogen) atoms. The number of hydrogen-bond acceptors (Lipinski definition) is 4. The summed E-state index contributed by atoms with van der Waals surface area (Å²) in [6, 6.07) is -0.283. The number of nitrogens with one attached hydrogen (secondary N) is 1. The fourth-order valence-corrected chi connectivity index (χ4v) is 3.77. The average Bonchev–Trinajstić information content (AvgIpc) is 2.31. The molecule has 5 nitrogen and oxygen atoms in total. The topological polar surface area (TPSA) is 64.6 Å². The molecule has 0 bridgehead atoms. The van der Waals surface area contributed by atoms with Gasteiger partial charge in [-0.25, -0.2) is 0 Å². The minimum atomic E-state index is -1.94. The van der Waals surface area contributed by atoms with Gasteiger partial charge in [0, 0.05) is 6.61 Å². The van der Waals surface area contributed by atoms with Crippen LogP contribution >= 0.6 is 0 Å². The predicted octanol–water partition coefficient (Wildman–Crippen LogP) is 2.12. The van der Waals surface area contributed by atoms with E-state index in [9.17, 15) is 9.59 Å². The lowest BCUT2D eigenvalue weighted by molar-refractivity contribution is -0.148. The molecule has 0 aliphatic carbocycles. The lowest BCUT2D eigenvalue weighted by Gasteiger charge is -2.46. The van der Waals surface area contributed by atoms with Crippen molar-refractivity contribution in [2.45, 2.75) is 71.0 Å². The number of carbonyl (C=O) groups excluding carboxylic acids is 2. The lowest BCUT2D eigenvalue weighted by Crippen LogP contribution is -2.68. The highest BCUT2D eigenvalue weighted by Gasteiger charge is 2.50. The van der Waals surface area contributed by atoms with Crippen LogP contribution in [0.1, 0.15) is 34.6 Å². The van der Waals surface area contributed by atoms with Crippen LogP contribution in [0.25, 0.3) is 0 Å². The van der Waals surface area contributed by atoms with E-state index < -0.39 is 14.4 Å². The molecule has 0 aromatic carbocycles. The third kappa shape index (κ3) is 3.93. The zero-order valence-corrected chi connectivity index (χ0v) is 15.2. The van der Waals surface area contributed by atoms with E-state index in [1.54, 1.807) is 0 Å². The highest BCUT2D eigenvalue weighted by molar-refractivity contribution is 6.74. The third-order valence-corrected chi connectivity index (χ3v) is 9.21. The van der Waals surface area contributed by atoms with Crippen LogP contribution in [0.5, 0.6) is 0 Å². The van der Waals surface area contributed by atoms with Crippen molar-refractivity contribution in [1.82, 2.24) is 5.32 Å². The highest BCUT2D eigenvalue weighted by atomic mass is 28.4. The second-order valence-corrected chi connectivity index (χ2v) is 12.0. The number of carbonyl (C=O) groups is 2. The van der Waals surface area contributed by atoms with Gasteiger partial charge in [0.15, 0.2) is 14.6 Å². The van der Waals surface area contributed by atoms with Gasteiger partial charge < -0.3 is 19.3 Å². The van der Waals surface area contributed by atoms with Crippen LogP contribution in [0.3, 0.4) is 0 Å². The molecule has 1 unspecified atom stereocenters. The first-order valence-corrected chi connectivity index (χ1v) is 10.5. The summed E-state index contributed by atoms with van der Waals surface area (Å²) in [5, 5.41) is 2.86. The number of hydrogen-bond donors (Lipinski definition) is 1. The first-order valence-electron chi connectivity index (χ1n) is 7.60. The first-order chi connectivity index (χ1) is 9.55. The quantitative estimate of drug-likeness (QED) is 0.444. The molecule has 0 aromatic rings. The number of β-lactam (4-membered cyclic amide) rings is 1. The van der Waals surface area contributed by atoms with Crippen molar-refractivity contribution in [3.63, 3.8) is 0 Å². The molecule has 0 radical (unpaired) electrons. The molecule has 1 saturated heterocycles. The standard InChI is InChI=1S/C15H29NO4Si/c1-8-19-11(9-17)13-12(14(18)16-13)10(2)20-21(6,7)15(3,4)5/h9-13H,8H2,1-7H3,(H,16,18)/t10-,11?,12-,13-/m1/s1. The molecular formula is C15H29NO4Si. The van der Waals surface area contributed by atoms with Gasteiger partial charge in [-0.3, -0.25) is 4.79 Å². The molecular weight excluding hydrogens is 286 g/mol. The molecule has 1 amide bonds. The van der Waals surface area contributed by atoms with Crippen LogP contribution in [0, 0.1) is 5.92 Å². The lowest BCUT2D eigenvalue weighted by atomic mass is 9.83. The molecule has 0 aromatic heterocycles. The van der Waals surface area contributed by atoms with Crippen molar-refractivity contribution < 1.29 is 18.8 Å². The minimum absolute atomic E-state index is 0.0576. The summed E-state index contributed by atoms with van der Waals surface area (Å²) in [5.41, 5.74) is 0. The van der Waals surface area contributed by atoms with Gasteiger partial charge >= 0.3 is 0 Å². The molecule has 122 valence electrons. The van der Waals surface area contributed by atoms with Crippen LogP contribution in [-0.2, 0) is 18.8 Å². The summed E-state index contributed by atoms with van der Waals surface area (Å²) in [4.78, 5) is 23.0. The molecule has 6 heteroatoms. The Labute approximate surface area is 128 Å². The Kier molecular flexibility index (Phi) is 5.74. The third-order valence-electron chi connectivity index (χ3n) is 4.64. The Hall–Kier alpha value is -0.723. The van der Waals surface area contributed by atoms with E-state index in [2.05, 4.69) is 39.2 Å². The van der Waals surface area contributed by atoms with Crippen LogP contribution in [-0.4, -0.2) is 45.4 Å². The van der Waals surface area contributed by atoms with Gasteiger partial charge in [0.2, 0.25) is 5.91 Å². The highest BCUT2D eigenvalue weighted by Crippen LogP contribution is 2.39. The van der Waals surface area contributed by atoms with E-state index >= 15 is 0 Å². The number of ether oxygens (including phenoxy) is 1. The van der Waals surface area contributed by atoms with Gasteiger partial charge in [0.25, 0.3) is 0 Å². The predicted molar refractivity (Wildman–Crippen MR) is 84.6 cm³/mol. The van der Waals surface area contributed by atoms with Crippen molar-refractivity contribution >= 4 is 20.5 Å². The summed E-state index contributed by atoms with van der Waals surface area (Å²) in [5.74, 6) is -0.376. The molecule has 0 spiro atoms. The minimum Gasteiger partial charge on any atom is -0.413 e. The number of amides is 1. The fraction of sp³-hybridized carbons (Fsp3) is 0.867. The summed E-state index contributed by atoms with van der Waals surface area (Å²) < 4.78 is 11.7. The van der Waals surface area contributed by atoms with Crippen LogP contribution in [0.4, 0.5) is 0 Å². The Morgan fingerprint density at radius 1 is 1.38 bits per heavy atom. The summed E-state index contributed by atoms with van der Waals surface area (Å²) in [6.07, 6.45) is -0.0460. The van der Waals surface area contributed by atoms with E-state index in [0.29, 0.717) is 6.61 Å². The second-order valence-electron chi connectivity index (χ2n) is 7.20. The summed E-state index contributed by atoms with van der Waals surface area (Å²) >= 11 is 0. The maximum atomic E-state index is 11.9.